The summed E-state index contributed by atoms with van der Waals surface area (Å²) in [5, 5.41) is 8.88. The van der Waals surface area contributed by atoms with Gasteiger partial charge in [-0.05, 0) is 72.8 Å². The first-order chi connectivity index (χ1) is 15.9. The van der Waals surface area contributed by atoms with Crippen molar-refractivity contribution in [3.8, 4) is 11.5 Å². The molecule has 3 rings (SSSR count). The third-order valence-electron chi connectivity index (χ3n) is 4.15. The number of carbonyl (C=O) groups excluding carboxylic acids is 3. The molecule has 0 saturated heterocycles. The molecule has 0 radical (unpaired) electrons. The first-order valence-corrected chi connectivity index (χ1v) is 9.93. The van der Waals surface area contributed by atoms with E-state index < -0.39 is 23.9 Å². The van der Waals surface area contributed by atoms with E-state index in [-0.39, 0.29) is 28.2 Å². The zero-order chi connectivity index (χ0) is 24.4. The Balaban J connectivity index is 0.00000187. The second kappa shape index (κ2) is 11.8. The van der Waals surface area contributed by atoms with Crippen molar-refractivity contribution in [1.29, 1.82) is 0 Å². The summed E-state index contributed by atoms with van der Waals surface area (Å²) in [6, 6.07) is 16.9. The molecule has 0 aliphatic heterocycles. The summed E-state index contributed by atoms with van der Waals surface area (Å²) >= 11 is 0. The fraction of sp³-hybridized carbons (Fsp3) is 0.120. The second-order valence-electron chi connectivity index (χ2n) is 6.20. The van der Waals surface area contributed by atoms with Crippen LogP contribution in [0.4, 0.5) is 0 Å². The van der Waals surface area contributed by atoms with Crippen LogP contribution in [-0.2, 0) is 4.74 Å². The van der Waals surface area contributed by atoms with Gasteiger partial charge >= 0.3 is 23.9 Å². The topological polar surface area (TPSA) is 116 Å². The van der Waals surface area contributed by atoms with Gasteiger partial charge in [0.1, 0.15) is 11.5 Å². The van der Waals surface area contributed by atoms with Gasteiger partial charge in [-0.15, -0.1) is 0 Å². The van der Waals surface area contributed by atoms with Crippen LogP contribution in [0.3, 0.4) is 0 Å². The summed E-state index contributed by atoms with van der Waals surface area (Å²) < 4.78 is 15.0. The molecule has 0 atom stereocenters. The van der Waals surface area contributed by atoms with Crippen molar-refractivity contribution in [2.24, 2.45) is 0 Å². The van der Waals surface area contributed by atoms with Crippen LogP contribution < -0.4 is 9.47 Å². The van der Waals surface area contributed by atoms with Crippen molar-refractivity contribution in [2.45, 2.75) is 13.8 Å². The molecule has 8 nitrogen and oxygen atoms in total. The lowest BCUT2D eigenvalue weighted by molar-refractivity contribution is 0.0598. The Morgan fingerprint density at radius 3 is 1.18 bits per heavy atom. The smallest absolute Gasteiger partial charge is 0.343 e. The van der Waals surface area contributed by atoms with Crippen LogP contribution in [0.5, 0.6) is 11.5 Å². The van der Waals surface area contributed by atoms with Gasteiger partial charge in [-0.3, -0.25) is 0 Å². The van der Waals surface area contributed by atoms with E-state index >= 15 is 0 Å². The summed E-state index contributed by atoms with van der Waals surface area (Å²) in [7, 11) is 1.26. The van der Waals surface area contributed by atoms with Crippen LogP contribution in [0.1, 0.15) is 55.3 Å². The zero-order valence-corrected chi connectivity index (χ0v) is 18.2. The highest BCUT2D eigenvalue weighted by Gasteiger charge is 2.13. The van der Waals surface area contributed by atoms with Crippen molar-refractivity contribution >= 4 is 23.9 Å². The molecule has 33 heavy (non-hydrogen) atoms. The molecule has 0 saturated carbocycles. The predicted molar refractivity (Wildman–Crippen MR) is 119 cm³/mol. The zero-order valence-electron chi connectivity index (χ0n) is 18.2. The minimum absolute atomic E-state index is 0.0749. The highest BCUT2D eigenvalue weighted by Crippen LogP contribution is 2.18. The van der Waals surface area contributed by atoms with E-state index in [0.717, 1.165) is 0 Å². The number of aromatic carboxylic acids is 1. The molecule has 170 valence electrons. The second-order valence-corrected chi connectivity index (χ2v) is 6.20. The Kier molecular flexibility index (Phi) is 8.87. The number of carboxylic acid groups (broad SMARTS) is 1. The van der Waals surface area contributed by atoms with Gasteiger partial charge in [0.25, 0.3) is 0 Å². The van der Waals surface area contributed by atoms with E-state index in [1.165, 1.54) is 79.9 Å². The predicted octanol–water partition coefficient (Wildman–Crippen LogP) is 4.64. The van der Waals surface area contributed by atoms with E-state index in [1.807, 2.05) is 13.8 Å². The quantitative estimate of drug-likeness (QED) is 0.427. The molecule has 0 bridgehead atoms. The molecule has 0 amide bonds. The third kappa shape index (κ3) is 6.76. The summed E-state index contributed by atoms with van der Waals surface area (Å²) in [4.78, 5) is 46.7. The van der Waals surface area contributed by atoms with Gasteiger partial charge in [0.15, 0.2) is 0 Å². The third-order valence-corrected chi connectivity index (χ3v) is 4.15. The normalized spacial score (nSPS) is 9.67. The minimum atomic E-state index is -1.08. The van der Waals surface area contributed by atoms with Gasteiger partial charge in [-0.1, -0.05) is 13.8 Å². The molecule has 0 fully saturated rings. The van der Waals surface area contributed by atoms with Gasteiger partial charge in [0.05, 0.1) is 29.4 Å². The number of hydrogen-bond donors (Lipinski definition) is 1. The van der Waals surface area contributed by atoms with Gasteiger partial charge in [-0.2, -0.15) is 0 Å². The van der Waals surface area contributed by atoms with Crippen LogP contribution in [0.25, 0.3) is 0 Å². The van der Waals surface area contributed by atoms with Gasteiger partial charge in [0, 0.05) is 0 Å². The first kappa shape index (κ1) is 24.8. The molecule has 0 aliphatic rings. The summed E-state index contributed by atoms with van der Waals surface area (Å²) in [6.07, 6.45) is 0. The molecule has 0 aliphatic carbocycles. The number of rotatable bonds is 6. The Labute approximate surface area is 190 Å². The molecule has 0 aromatic heterocycles. The van der Waals surface area contributed by atoms with E-state index in [2.05, 4.69) is 4.74 Å². The van der Waals surface area contributed by atoms with Crippen molar-refractivity contribution < 1.29 is 38.5 Å². The molecule has 0 spiro atoms. The van der Waals surface area contributed by atoms with E-state index in [9.17, 15) is 19.2 Å². The first-order valence-electron chi connectivity index (χ1n) is 9.93. The number of ether oxygens (including phenoxy) is 3. The van der Waals surface area contributed by atoms with Crippen LogP contribution in [-0.4, -0.2) is 36.1 Å². The molecule has 1 N–H and O–H groups in total. The summed E-state index contributed by atoms with van der Waals surface area (Å²) in [5.41, 5.74) is 0.830. The van der Waals surface area contributed by atoms with Crippen molar-refractivity contribution in [2.75, 3.05) is 7.11 Å². The average molecular weight is 450 g/mol. The Hall–Kier alpha value is -4.46. The fourth-order valence-electron chi connectivity index (χ4n) is 2.52. The lowest BCUT2D eigenvalue weighted by Gasteiger charge is -2.07. The number of methoxy groups -OCH3 is 1. The highest BCUT2D eigenvalue weighted by atomic mass is 16.5. The van der Waals surface area contributed by atoms with Gasteiger partial charge in [-0.25, -0.2) is 19.2 Å². The molecule has 8 heteroatoms. The fourth-order valence-corrected chi connectivity index (χ4v) is 2.52. The van der Waals surface area contributed by atoms with Crippen LogP contribution >= 0.6 is 0 Å². The van der Waals surface area contributed by atoms with Crippen molar-refractivity contribution in [3.63, 3.8) is 0 Å². The maximum atomic E-state index is 12.2. The average Bonchev–Trinajstić information content (AvgIpc) is 2.85. The van der Waals surface area contributed by atoms with E-state index in [1.54, 1.807) is 0 Å². The monoisotopic (exact) mass is 450 g/mol. The number of benzene rings is 3. The number of carboxylic acids is 1. The van der Waals surface area contributed by atoms with Gasteiger partial charge < -0.3 is 19.3 Å². The van der Waals surface area contributed by atoms with Crippen molar-refractivity contribution in [1.82, 2.24) is 0 Å². The maximum Gasteiger partial charge on any atom is 0.343 e. The Morgan fingerprint density at radius 1 is 0.545 bits per heavy atom. The van der Waals surface area contributed by atoms with Crippen LogP contribution in [0.2, 0.25) is 0 Å². The standard InChI is InChI=1S/C23H16O8.C2H6/c1-29-21(26)15-2-4-16(5-3-15)22(27)31-19-12-8-17(9-13-19)23(28)30-18-10-6-14(7-11-18)20(24)25;1-2/h2-13H,1H3,(H,24,25);1-2H3. The molecule has 3 aromatic rings. The lowest BCUT2D eigenvalue weighted by atomic mass is 10.1. The van der Waals surface area contributed by atoms with Crippen LogP contribution in [0, 0.1) is 0 Å². The summed E-state index contributed by atoms with van der Waals surface area (Å²) in [5.74, 6) is -2.47. The number of carbonyl (C=O) groups is 4. The molecule has 0 heterocycles. The highest BCUT2D eigenvalue weighted by molar-refractivity contribution is 5.94. The number of hydrogen-bond acceptors (Lipinski definition) is 7. The molecular formula is C25H22O8. The summed E-state index contributed by atoms with van der Waals surface area (Å²) in [6.45, 7) is 4.00. The molecule has 3 aromatic carbocycles. The van der Waals surface area contributed by atoms with Gasteiger partial charge in [0.2, 0.25) is 0 Å². The van der Waals surface area contributed by atoms with Crippen molar-refractivity contribution in [3.05, 3.63) is 95.1 Å². The Bertz CT molecular complexity index is 1110. The largest absolute Gasteiger partial charge is 0.478 e. The van der Waals surface area contributed by atoms with E-state index in [4.69, 9.17) is 14.6 Å². The maximum absolute atomic E-state index is 12.2. The number of esters is 3. The molecular weight excluding hydrogens is 428 g/mol. The van der Waals surface area contributed by atoms with Crippen LogP contribution in [0.15, 0.2) is 72.8 Å². The SMILES string of the molecule is CC.COC(=O)c1ccc(C(=O)Oc2ccc(C(=O)Oc3ccc(C(=O)O)cc3)cc2)cc1. The Morgan fingerprint density at radius 2 is 0.848 bits per heavy atom. The molecule has 0 unspecified atom stereocenters. The lowest BCUT2D eigenvalue weighted by Crippen LogP contribution is -2.11. The van der Waals surface area contributed by atoms with E-state index in [0.29, 0.717) is 5.56 Å². The minimum Gasteiger partial charge on any atom is -0.478 e.